The van der Waals surface area contributed by atoms with Crippen LogP contribution in [-0.4, -0.2) is 35.0 Å². The number of thioether (sulfide) groups is 1. The molecular weight excluding hydrogens is 274 g/mol. The van der Waals surface area contributed by atoms with Crippen LogP contribution in [0, 0.1) is 29.6 Å². The highest BCUT2D eigenvalue weighted by Gasteiger charge is 2.50. The van der Waals surface area contributed by atoms with E-state index in [1.165, 1.54) is 43.9 Å². The molecule has 0 heterocycles. The van der Waals surface area contributed by atoms with E-state index in [-0.39, 0.29) is 17.6 Å². The fourth-order valence-electron chi connectivity index (χ4n) is 4.88. The summed E-state index contributed by atoms with van der Waals surface area (Å²) in [5.74, 6) is 3.53. The van der Waals surface area contributed by atoms with Crippen LogP contribution in [0.2, 0.25) is 0 Å². The second-order valence-electron chi connectivity index (χ2n) is 6.69. The summed E-state index contributed by atoms with van der Waals surface area (Å²) in [6, 6.07) is 0. The number of aliphatic carboxylic acids is 1. The van der Waals surface area contributed by atoms with Crippen molar-refractivity contribution in [2.24, 2.45) is 29.6 Å². The van der Waals surface area contributed by atoms with Gasteiger partial charge in [0.25, 0.3) is 0 Å². The monoisotopic (exact) mass is 297 g/mol. The van der Waals surface area contributed by atoms with Gasteiger partial charge in [-0.25, -0.2) is 0 Å². The summed E-state index contributed by atoms with van der Waals surface area (Å²) >= 11 is 1.36. The van der Waals surface area contributed by atoms with Crippen LogP contribution >= 0.6 is 11.8 Å². The molecule has 4 aliphatic carbocycles. The molecule has 0 unspecified atom stereocenters. The molecule has 4 aliphatic rings. The molecule has 4 saturated carbocycles. The molecule has 20 heavy (non-hydrogen) atoms. The second kappa shape index (κ2) is 5.96. The van der Waals surface area contributed by atoms with Gasteiger partial charge in [0.2, 0.25) is 5.91 Å². The molecule has 0 spiro atoms. The topological polar surface area (TPSA) is 66.4 Å². The molecule has 4 fully saturated rings. The van der Waals surface area contributed by atoms with Crippen molar-refractivity contribution in [2.75, 3.05) is 18.1 Å². The quantitative estimate of drug-likeness (QED) is 0.736. The summed E-state index contributed by atoms with van der Waals surface area (Å²) in [6.45, 7) is 0.597. The molecule has 4 rings (SSSR count). The fourth-order valence-corrected chi connectivity index (χ4v) is 5.44. The SMILES string of the molecule is O=C(O)CSCCNC(=O)C1C2CC3CC(C2)CC1C3. The van der Waals surface area contributed by atoms with E-state index in [0.29, 0.717) is 24.1 Å². The molecule has 1 amide bonds. The van der Waals surface area contributed by atoms with Crippen LogP contribution in [0.3, 0.4) is 0 Å². The van der Waals surface area contributed by atoms with Gasteiger partial charge < -0.3 is 10.4 Å². The van der Waals surface area contributed by atoms with Gasteiger partial charge in [0, 0.05) is 18.2 Å². The van der Waals surface area contributed by atoms with Crippen molar-refractivity contribution < 1.29 is 14.7 Å². The minimum absolute atomic E-state index is 0.119. The minimum Gasteiger partial charge on any atom is -0.481 e. The van der Waals surface area contributed by atoms with E-state index in [9.17, 15) is 9.59 Å². The van der Waals surface area contributed by atoms with E-state index in [2.05, 4.69) is 5.32 Å². The van der Waals surface area contributed by atoms with Gasteiger partial charge in [-0.15, -0.1) is 11.8 Å². The Morgan fingerprint density at radius 2 is 1.65 bits per heavy atom. The Kier molecular flexibility index (Phi) is 4.24. The van der Waals surface area contributed by atoms with Crippen molar-refractivity contribution in [1.29, 1.82) is 0 Å². The van der Waals surface area contributed by atoms with Crippen molar-refractivity contribution in [3.05, 3.63) is 0 Å². The Hall–Kier alpha value is -0.710. The summed E-state index contributed by atoms with van der Waals surface area (Å²) in [5.41, 5.74) is 0. The lowest BCUT2D eigenvalue weighted by molar-refractivity contribution is -0.138. The van der Waals surface area contributed by atoms with E-state index >= 15 is 0 Å². The Morgan fingerprint density at radius 1 is 1.05 bits per heavy atom. The van der Waals surface area contributed by atoms with E-state index in [1.807, 2.05) is 0 Å². The van der Waals surface area contributed by atoms with Gasteiger partial charge >= 0.3 is 5.97 Å². The second-order valence-corrected chi connectivity index (χ2v) is 7.80. The number of hydrogen-bond acceptors (Lipinski definition) is 3. The number of carboxylic acids is 1. The van der Waals surface area contributed by atoms with Crippen molar-refractivity contribution in [3.63, 3.8) is 0 Å². The van der Waals surface area contributed by atoms with Crippen LogP contribution in [0.15, 0.2) is 0 Å². The van der Waals surface area contributed by atoms with Crippen molar-refractivity contribution in [1.82, 2.24) is 5.32 Å². The highest BCUT2D eigenvalue weighted by Crippen LogP contribution is 2.56. The molecule has 4 bridgehead atoms. The van der Waals surface area contributed by atoms with E-state index < -0.39 is 5.97 Å². The molecule has 0 aromatic rings. The first kappa shape index (κ1) is 14.2. The van der Waals surface area contributed by atoms with Crippen LogP contribution in [0.4, 0.5) is 0 Å². The summed E-state index contributed by atoms with van der Waals surface area (Å²) in [6.07, 6.45) is 6.46. The summed E-state index contributed by atoms with van der Waals surface area (Å²) in [7, 11) is 0. The Bertz CT molecular complexity index is 371. The zero-order valence-electron chi connectivity index (χ0n) is 11.7. The number of hydrogen-bond donors (Lipinski definition) is 2. The lowest BCUT2D eigenvalue weighted by Crippen LogP contribution is -2.51. The first-order chi connectivity index (χ1) is 9.63. The average Bonchev–Trinajstić information content (AvgIpc) is 2.36. The van der Waals surface area contributed by atoms with Crippen molar-refractivity contribution in [2.45, 2.75) is 32.1 Å². The molecule has 2 N–H and O–H groups in total. The van der Waals surface area contributed by atoms with Gasteiger partial charge in [0.05, 0.1) is 5.75 Å². The van der Waals surface area contributed by atoms with E-state index in [4.69, 9.17) is 5.11 Å². The number of carboxylic acid groups (broad SMARTS) is 1. The highest BCUT2D eigenvalue weighted by molar-refractivity contribution is 7.99. The zero-order valence-corrected chi connectivity index (χ0v) is 12.5. The van der Waals surface area contributed by atoms with Gasteiger partial charge in [-0.3, -0.25) is 9.59 Å². The fraction of sp³-hybridized carbons (Fsp3) is 0.867. The number of carbonyl (C=O) groups is 2. The third kappa shape index (κ3) is 2.97. The summed E-state index contributed by atoms with van der Waals surface area (Å²) < 4.78 is 0. The molecule has 4 nitrogen and oxygen atoms in total. The minimum atomic E-state index is -0.789. The third-order valence-electron chi connectivity index (χ3n) is 5.30. The predicted molar refractivity (Wildman–Crippen MR) is 78.5 cm³/mol. The van der Waals surface area contributed by atoms with Crippen molar-refractivity contribution >= 4 is 23.6 Å². The standard InChI is InChI=1S/C15H23NO3S/c17-13(18)8-20-2-1-16-15(19)14-11-4-9-3-10(6-11)7-12(14)5-9/h9-12,14H,1-8H2,(H,16,19)(H,17,18). The third-order valence-corrected chi connectivity index (χ3v) is 6.24. The predicted octanol–water partition coefficient (Wildman–Crippen LogP) is 1.99. The van der Waals surface area contributed by atoms with Crippen LogP contribution in [0.5, 0.6) is 0 Å². The normalized spacial score (nSPS) is 37.9. The molecule has 0 aromatic heterocycles. The van der Waals surface area contributed by atoms with Crippen molar-refractivity contribution in [3.8, 4) is 0 Å². The number of rotatable bonds is 6. The van der Waals surface area contributed by atoms with Crippen LogP contribution in [-0.2, 0) is 9.59 Å². The Labute approximate surface area is 124 Å². The largest absolute Gasteiger partial charge is 0.481 e. The van der Waals surface area contributed by atoms with Gasteiger partial charge in [-0.05, 0) is 55.8 Å². The van der Waals surface area contributed by atoms with Gasteiger partial charge in [0.1, 0.15) is 0 Å². The average molecular weight is 297 g/mol. The summed E-state index contributed by atoms with van der Waals surface area (Å²) in [5, 5.41) is 11.6. The highest BCUT2D eigenvalue weighted by atomic mass is 32.2. The van der Waals surface area contributed by atoms with Crippen LogP contribution in [0.1, 0.15) is 32.1 Å². The lowest BCUT2D eigenvalue weighted by atomic mass is 9.51. The molecule has 0 aliphatic heterocycles. The Morgan fingerprint density at radius 3 is 2.20 bits per heavy atom. The van der Waals surface area contributed by atoms with Gasteiger partial charge in [-0.2, -0.15) is 0 Å². The molecule has 0 aromatic carbocycles. The van der Waals surface area contributed by atoms with Gasteiger partial charge in [-0.1, -0.05) is 0 Å². The van der Waals surface area contributed by atoms with Crippen LogP contribution in [0.25, 0.3) is 0 Å². The molecule has 0 radical (unpaired) electrons. The van der Waals surface area contributed by atoms with E-state index in [0.717, 1.165) is 11.8 Å². The molecule has 0 atom stereocenters. The maximum atomic E-state index is 12.4. The summed E-state index contributed by atoms with van der Waals surface area (Å²) in [4.78, 5) is 22.8. The first-order valence-corrected chi connectivity index (χ1v) is 8.86. The lowest BCUT2D eigenvalue weighted by Gasteiger charge is -2.53. The maximum absolute atomic E-state index is 12.4. The number of amides is 1. The molecule has 0 saturated heterocycles. The molecule has 5 heteroatoms. The van der Waals surface area contributed by atoms with Crippen LogP contribution < -0.4 is 5.32 Å². The zero-order chi connectivity index (χ0) is 14.1. The maximum Gasteiger partial charge on any atom is 0.313 e. The molecule has 112 valence electrons. The number of carbonyl (C=O) groups excluding carboxylic acids is 1. The molecular formula is C15H23NO3S. The number of nitrogens with one attached hydrogen (secondary N) is 1. The van der Waals surface area contributed by atoms with Gasteiger partial charge in [0.15, 0.2) is 0 Å². The van der Waals surface area contributed by atoms with E-state index in [1.54, 1.807) is 0 Å². The Balaban J connectivity index is 1.45. The first-order valence-electron chi connectivity index (χ1n) is 7.70. The smallest absolute Gasteiger partial charge is 0.313 e.